The molecular weight excluding hydrogens is 419 g/mol. The second kappa shape index (κ2) is 8.78. The highest BCUT2D eigenvalue weighted by atomic mass is 35.5. The number of likely N-dealkylation sites (tertiary alicyclic amines) is 1. The van der Waals surface area contributed by atoms with Crippen LogP contribution in [0.25, 0.3) is 5.65 Å². The van der Waals surface area contributed by atoms with Crippen LogP contribution >= 0.6 is 11.6 Å². The number of nitrogens with zero attached hydrogens (tertiary/aromatic N) is 6. The molecule has 1 aliphatic heterocycles. The molecule has 0 unspecified atom stereocenters. The first-order valence-electron chi connectivity index (χ1n) is 10.7. The third-order valence-electron chi connectivity index (χ3n) is 5.87. The third-order valence-corrected chi connectivity index (χ3v) is 6.13. The molecule has 1 aliphatic rings. The Kier molecular flexibility index (Phi) is 6.09. The number of aryl methyl sites for hydroxylation is 1. The molecule has 1 amide bonds. The van der Waals surface area contributed by atoms with E-state index in [9.17, 15) is 9.18 Å². The summed E-state index contributed by atoms with van der Waals surface area (Å²) in [6, 6.07) is 3.06. The van der Waals surface area contributed by atoms with Gasteiger partial charge in [0.2, 0.25) is 0 Å². The van der Waals surface area contributed by atoms with Gasteiger partial charge in [-0.1, -0.05) is 11.6 Å². The Morgan fingerprint density at radius 1 is 1.32 bits per heavy atom. The summed E-state index contributed by atoms with van der Waals surface area (Å²) in [5.41, 5.74) is 2.47. The van der Waals surface area contributed by atoms with Crippen LogP contribution in [0.1, 0.15) is 60.8 Å². The number of hydrogen-bond donors (Lipinski definition) is 0. The Bertz CT molecular complexity index is 1110. The number of carbonyl (C=O) groups excluding carboxylic acids is 1. The van der Waals surface area contributed by atoms with E-state index >= 15 is 0 Å². The molecule has 1 fully saturated rings. The van der Waals surface area contributed by atoms with Gasteiger partial charge in [0.15, 0.2) is 16.6 Å². The summed E-state index contributed by atoms with van der Waals surface area (Å²) in [5.74, 6) is -0.236. The summed E-state index contributed by atoms with van der Waals surface area (Å²) < 4.78 is 16.2. The molecule has 164 valence electrons. The lowest BCUT2D eigenvalue weighted by Crippen LogP contribution is -2.39. The van der Waals surface area contributed by atoms with Gasteiger partial charge in [-0.3, -0.25) is 4.79 Å². The highest BCUT2D eigenvalue weighted by Gasteiger charge is 2.32. The molecule has 4 rings (SSSR count). The Morgan fingerprint density at radius 2 is 2.10 bits per heavy atom. The lowest BCUT2D eigenvalue weighted by atomic mass is 9.98. The predicted octanol–water partition coefficient (Wildman–Crippen LogP) is 4.44. The van der Waals surface area contributed by atoms with E-state index in [1.165, 1.54) is 12.3 Å². The van der Waals surface area contributed by atoms with E-state index in [1.807, 2.05) is 19.2 Å². The quantitative estimate of drug-likeness (QED) is 0.544. The normalized spacial score (nSPS) is 16.7. The maximum atomic E-state index is 14.5. The largest absolute Gasteiger partial charge is 0.357 e. The predicted molar refractivity (Wildman–Crippen MR) is 118 cm³/mol. The van der Waals surface area contributed by atoms with Crippen molar-refractivity contribution in [1.82, 2.24) is 24.5 Å². The summed E-state index contributed by atoms with van der Waals surface area (Å²) in [4.78, 5) is 25.6. The number of amides is 1. The van der Waals surface area contributed by atoms with Gasteiger partial charge in [0.1, 0.15) is 5.82 Å². The number of halogens is 2. The van der Waals surface area contributed by atoms with Crippen molar-refractivity contribution in [3.63, 3.8) is 0 Å². The van der Waals surface area contributed by atoms with Gasteiger partial charge in [-0.2, -0.15) is 5.10 Å². The lowest BCUT2D eigenvalue weighted by molar-refractivity contribution is 0.0600. The minimum absolute atomic E-state index is 0.0616. The molecule has 0 spiro atoms. The summed E-state index contributed by atoms with van der Waals surface area (Å²) in [6.07, 6.45) is 5.91. The van der Waals surface area contributed by atoms with Crippen molar-refractivity contribution in [2.45, 2.75) is 46.1 Å². The number of fused-ring (bicyclic) bond motifs is 1. The highest BCUT2D eigenvalue weighted by molar-refractivity contribution is 6.29. The molecule has 3 aromatic rings. The zero-order chi connectivity index (χ0) is 22.1. The van der Waals surface area contributed by atoms with Gasteiger partial charge in [0.25, 0.3) is 5.91 Å². The van der Waals surface area contributed by atoms with Crippen LogP contribution in [-0.4, -0.2) is 50.0 Å². The van der Waals surface area contributed by atoms with Gasteiger partial charge in [-0.25, -0.2) is 18.9 Å². The van der Waals surface area contributed by atoms with Crippen molar-refractivity contribution in [2.75, 3.05) is 24.5 Å². The minimum Gasteiger partial charge on any atom is -0.357 e. The van der Waals surface area contributed by atoms with Crippen molar-refractivity contribution in [1.29, 1.82) is 0 Å². The van der Waals surface area contributed by atoms with Crippen LogP contribution in [0.3, 0.4) is 0 Å². The summed E-state index contributed by atoms with van der Waals surface area (Å²) in [7, 11) is 0. The lowest BCUT2D eigenvalue weighted by Gasteiger charge is -2.34. The van der Waals surface area contributed by atoms with E-state index in [1.54, 1.807) is 9.42 Å². The van der Waals surface area contributed by atoms with E-state index in [-0.39, 0.29) is 16.8 Å². The molecule has 7 nitrogen and oxygen atoms in total. The van der Waals surface area contributed by atoms with Crippen LogP contribution in [0.15, 0.2) is 24.5 Å². The molecule has 1 saturated heterocycles. The van der Waals surface area contributed by atoms with Crippen molar-refractivity contribution in [3.8, 4) is 0 Å². The van der Waals surface area contributed by atoms with Gasteiger partial charge in [-0.15, -0.1) is 0 Å². The van der Waals surface area contributed by atoms with Gasteiger partial charge in [0, 0.05) is 43.7 Å². The zero-order valence-corrected chi connectivity index (χ0v) is 18.7. The summed E-state index contributed by atoms with van der Waals surface area (Å²) in [6.45, 7) is 8.50. The van der Waals surface area contributed by atoms with E-state index in [2.05, 4.69) is 23.7 Å². The fourth-order valence-corrected chi connectivity index (χ4v) is 4.40. The average Bonchev–Trinajstić information content (AvgIpc) is 3.19. The molecule has 31 heavy (non-hydrogen) atoms. The first-order chi connectivity index (χ1) is 14.9. The molecule has 0 saturated carbocycles. The van der Waals surface area contributed by atoms with Crippen molar-refractivity contribution < 1.29 is 9.18 Å². The van der Waals surface area contributed by atoms with Crippen LogP contribution < -0.4 is 4.90 Å². The fraction of sp³-hybridized carbons (Fsp3) is 0.455. The second-order valence-electron chi connectivity index (χ2n) is 7.77. The molecule has 0 aromatic carbocycles. The van der Waals surface area contributed by atoms with Gasteiger partial charge < -0.3 is 9.80 Å². The fourth-order valence-electron chi connectivity index (χ4n) is 4.25. The second-order valence-corrected chi connectivity index (χ2v) is 8.12. The molecule has 4 heterocycles. The standard InChI is InChI=1S/C22H26ClFN6O/c1-4-28(5-2)21-14(3)13-30-18(26-21)12-16(27-30)17-8-6-7-11-29(17)22(31)15-9-10-25-20(23)19(15)24/h9-10,12-13,17H,4-8,11H2,1-3H3/t17-/m0/s1. The number of piperidine rings is 1. The zero-order valence-electron chi connectivity index (χ0n) is 18.0. The topological polar surface area (TPSA) is 66.6 Å². The van der Waals surface area contributed by atoms with Crippen LogP contribution in [0.2, 0.25) is 5.15 Å². The van der Waals surface area contributed by atoms with E-state index in [0.29, 0.717) is 6.54 Å². The number of anilines is 1. The highest BCUT2D eigenvalue weighted by Crippen LogP contribution is 2.33. The summed E-state index contributed by atoms with van der Waals surface area (Å²) >= 11 is 5.80. The van der Waals surface area contributed by atoms with Crippen molar-refractivity contribution in [2.24, 2.45) is 0 Å². The number of carbonyl (C=O) groups is 1. The monoisotopic (exact) mass is 444 g/mol. The molecule has 0 radical (unpaired) electrons. The van der Waals surface area contributed by atoms with Crippen LogP contribution in [0, 0.1) is 12.7 Å². The van der Waals surface area contributed by atoms with Gasteiger partial charge in [-0.05, 0) is 46.1 Å². The van der Waals surface area contributed by atoms with Crippen LogP contribution in [0.4, 0.5) is 10.2 Å². The summed E-state index contributed by atoms with van der Waals surface area (Å²) in [5, 5.41) is 4.43. The van der Waals surface area contributed by atoms with E-state index in [4.69, 9.17) is 21.7 Å². The third kappa shape index (κ3) is 3.96. The number of hydrogen-bond acceptors (Lipinski definition) is 5. The maximum Gasteiger partial charge on any atom is 0.257 e. The first-order valence-corrected chi connectivity index (χ1v) is 11.0. The number of rotatable bonds is 5. The Morgan fingerprint density at radius 3 is 2.84 bits per heavy atom. The maximum absolute atomic E-state index is 14.5. The smallest absolute Gasteiger partial charge is 0.257 e. The molecule has 0 bridgehead atoms. The van der Waals surface area contributed by atoms with Crippen LogP contribution in [0.5, 0.6) is 0 Å². The molecule has 0 aliphatic carbocycles. The first kappa shape index (κ1) is 21.5. The van der Waals surface area contributed by atoms with Crippen LogP contribution in [-0.2, 0) is 0 Å². The van der Waals surface area contributed by atoms with Crippen molar-refractivity contribution in [3.05, 3.63) is 52.3 Å². The number of aromatic nitrogens is 4. The number of pyridine rings is 1. The SMILES string of the molecule is CCN(CC)c1nc2cc([C@@H]3CCCCN3C(=O)c3ccnc(Cl)c3F)nn2cc1C. The molecule has 9 heteroatoms. The van der Waals surface area contributed by atoms with Gasteiger partial charge >= 0.3 is 0 Å². The molecule has 3 aromatic heterocycles. The average molecular weight is 445 g/mol. The molecule has 1 atom stereocenters. The molecular formula is C22H26ClFN6O. The Labute approximate surface area is 185 Å². The van der Waals surface area contributed by atoms with Gasteiger partial charge in [0.05, 0.1) is 17.3 Å². The van der Waals surface area contributed by atoms with E-state index < -0.39 is 11.7 Å². The van der Waals surface area contributed by atoms with E-state index in [0.717, 1.165) is 55.1 Å². The minimum atomic E-state index is -0.783. The Hall–Kier alpha value is -2.74. The molecule has 0 N–H and O–H groups in total. The Balaban J connectivity index is 1.71. The van der Waals surface area contributed by atoms with Crippen molar-refractivity contribution >= 4 is 29.0 Å².